The van der Waals surface area contributed by atoms with Crippen molar-refractivity contribution in [3.63, 3.8) is 0 Å². The first-order valence-corrected chi connectivity index (χ1v) is 8.91. The highest BCUT2D eigenvalue weighted by atomic mass is 35.5. The third-order valence-electron chi connectivity index (χ3n) is 4.19. The third-order valence-corrected chi connectivity index (χ3v) is 4.92. The average molecular weight is 392 g/mol. The number of nitrogens with zero attached hydrogens (tertiary/aromatic N) is 1. The topological polar surface area (TPSA) is 95.8 Å². The predicted octanol–water partition coefficient (Wildman–Crippen LogP) is 3.98. The number of aromatic nitrogens is 2. The van der Waals surface area contributed by atoms with Gasteiger partial charge in [-0.1, -0.05) is 29.3 Å². The zero-order valence-corrected chi connectivity index (χ0v) is 15.7. The first kappa shape index (κ1) is 18.5. The smallest absolute Gasteiger partial charge is 0.231 e. The van der Waals surface area contributed by atoms with Crippen LogP contribution >= 0.6 is 23.2 Å². The summed E-state index contributed by atoms with van der Waals surface area (Å²) in [5, 5.41) is 14.8. The fraction of sp³-hybridized carbons (Fsp3) is 0.222. The summed E-state index contributed by atoms with van der Waals surface area (Å²) in [6.45, 7) is 0.378. The Hall–Kier alpha value is -2.28. The minimum atomic E-state index is -0.418. The molecule has 0 aliphatic heterocycles. The zero-order valence-electron chi connectivity index (χ0n) is 14.1. The number of H-pyrrole nitrogens is 1. The molecule has 3 rings (SSSR count). The molecule has 0 aliphatic carbocycles. The van der Waals surface area contributed by atoms with Gasteiger partial charge in [0.25, 0.3) is 0 Å². The van der Waals surface area contributed by atoms with Crippen molar-refractivity contribution in [1.29, 1.82) is 0 Å². The molecule has 8 heteroatoms. The van der Waals surface area contributed by atoms with Crippen LogP contribution in [0.4, 0.5) is 11.5 Å². The van der Waals surface area contributed by atoms with Crippen molar-refractivity contribution in [2.45, 2.75) is 12.3 Å². The summed E-state index contributed by atoms with van der Waals surface area (Å²) < 4.78 is 0. The first-order valence-electron chi connectivity index (χ1n) is 8.15. The number of hydrogen-bond donors (Lipinski definition) is 4. The van der Waals surface area contributed by atoms with Crippen molar-refractivity contribution in [2.75, 3.05) is 24.2 Å². The normalized spacial score (nSPS) is 12.2. The molecular formula is C18H19Cl2N5O. The van der Waals surface area contributed by atoms with E-state index in [4.69, 9.17) is 28.9 Å². The number of rotatable bonds is 6. The maximum absolute atomic E-state index is 12.8. The third kappa shape index (κ3) is 3.77. The Morgan fingerprint density at radius 1 is 1.23 bits per heavy atom. The van der Waals surface area contributed by atoms with Gasteiger partial charge >= 0.3 is 0 Å². The molecule has 0 fully saturated rings. The molecule has 136 valence electrons. The maximum atomic E-state index is 12.8. The number of nitrogens with one attached hydrogen (secondary N) is 3. The van der Waals surface area contributed by atoms with E-state index in [1.165, 1.54) is 0 Å². The van der Waals surface area contributed by atoms with Crippen molar-refractivity contribution < 1.29 is 4.79 Å². The summed E-state index contributed by atoms with van der Waals surface area (Å²) in [5.74, 6) is 0.153. The second-order valence-electron chi connectivity index (χ2n) is 5.88. The van der Waals surface area contributed by atoms with Gasteiger partial charge < -0.3 is 16.4 Å². The van der Waals surface area contributed by atoms with Crippen LogP contribution in [0, 0.1) is 0 Å². The molecule has 5 N–H and O–H groups in total. The molecule has 0 saturated heterocycles. The average Bonchev–Trinajstić information content (AvgIpc) is 3.04. The van der Waals surface area contributed by atoms with Gasteiger partial charge in [0.2, 0.25) is 5.91 Å². The van der Waals surface area contributed by atoms with E-state index in [9.17, 15) is 4.79 Å². The van der Waals surface area contributed by atoms with E-state index in [2.05, 4.69) is 20.8 Å². The number of amides is 1. The van der Waals surface area contributed by atoms with E-state index in [-0.39, 0.29) is 5.91 Å². The van der Waals surface area contributed by atoms with E-state index < -0.39 is 5.92 Å². The Bertz CT molecular complexity index is 940. The monoisotopic (exact) mass is 391 g/mol. The van der Waals surface area contributed by atoms with Crippen LogP contribution in [0.1, 0.15) is 17.9 Å². The van der Waals surface area contributed by atoms with Crippen LogP contribution in [0.5, 0.6) is 0 Å². The molecule has 0 aliphatic rings. The number of benzene rings is 2. The van der Waals surface area contributed by atoms with E-state index >= 15 is 0 Å². The largest absolute Gasteiger partial charge is 0.371 e. The summed E-state index contributed by atoms with van der Waals surface area (Å²) in [7, 11) is 1.79. The molecule has 1 atom stereocenters. The van der Waals surface area contributed by atoms with Crippen LogP contribution in [0.2, 0.25) is 10.0 Å². The van der Waals surface area contributed by atoms with Gasteiger partial charge in [0.15, 0.2) is 5.82 Å². The van der Waals surface area contributed by atoms with Crippen molar-refractivity contribution in [3.8, 4) is 0 Å². The van der Waals surface area contributed by atoms with Crippen LogP contribution in [0.3, 0.4) is 0 Å². The Kier molecular flexibility index (Phi) is 5.66. The Labute approximate surface area is 161 Å². The Morgan fingerprint density at radius 3 is 2.73 bits per heavy atom. The van der Waals surface area contributed by atoms with Crippen molar-refractivity contribution in [3.05, 3.63) is 52.0 Å². The lowest BCUT2D eigenvalue weighted by atomic mass is 9.94. The van der Waals surface area contributed by atoms with Crippen molar-refractivity contribution in [2.24, 2.45) is 5.73 Å². The molecule has 1 heterocycles. The lowest BCUT2D eigenvalue weighted by Gasteiger charge is -2.17. The second-order valence-corrected chi connectivity index (χ2v) is 6.69. The Balaban J connectivity index is 1.86. The summed E-state index contributed by atoms with van der Waals surface area (Å²) in [6.07, 6.45) is 0.500. The van der Waals surface area contributed by atoms with E-state index in [0.29, 0.717) is 28.7 Å². The van der Waals surface area contributed by atoms with Gasteiger partial charge in [-0.15, -0.1) is 0 Å². The van der Waals surface area contributed by atoms with Gasteiger partial charge in [-0.25, -0.2) is 0 Å². The molecule has 0 radical (unpaired) electrons. The van der Waals surface area contributed by atoms with E-state index in [0.717, 1.165) is 22.3 Å². The second kappa shape index (κ2) is 7.95. The van der Waals surface area contributed by atoms with Crippen LogP contribution < -0.4 is 16.4 Å². The number of anilines is 2. The summed E-state index contributed by atoms with van der Waals surface area (Å²) in [4.78, 5) is 12.8. The van der Waals surface area contributed by atoms with Gasteiger partial charge in [0.05, 0.1) is 21.5 Å². The highest BCUT2D eigenvalue weighted by Crippen LogP contribution is 2.30. The molecule has 0 saturated carbocycles. The van der Waals surface area contributed by atoms with Gasteiger partial charge in [0, 0.05) is 18.1 Å². The molecule has 0 bridgehead atoms. The molecule has 3 aromatic rings. The molecule has 0 spiro atoms. The van der Waals surface area contributed by atoms with Gasteiger partial charge in [-0.3, -0.25) is 9.89 Å². The van der Waals surface area contributed by atoms with Crippen molar-refractivity contribution in [1.82, 2.24) is 10.2 Å². The fourth-order valence-electron chi connectivity index (χ4n) is 2.86. The minimum absolute atomic E-state index is 0.150. The SMILES string of the molecule is CNc1n[nH]c2ccc(NC(=O)C(CCN)c3ccc(Cl)c(Cl)c3)cc12. The molecule has 1 unspecified atom stereocenters. The number of carbonyl (C=O) groups excluding carboxylic acids is 1. The van der Waals surface area contributed by atoms with E-state index in [1.807, 2.05) is 18.2 Å². The highest BCUT2D eigenvalue weighted by Gasteiger charge is 2.21. The molecule has 1 amide bonds. The van der Waals surface area contributed by atoms with Crippen LogP contribution in [0.15, 0.2) is 36.4 Å². The lowest BCUT2D eigenvalue weighted by molar-refractivity contribution is -0.117. The maximum Gasteiger partial charge on any atom is 0.231 e. The fourth-order valence-corrected chi connectivity index (χ4v) is 3.16. The van der Waals surface area contributed by atoms with Crippen LogP contribution in [-0.4, -0.2) is 29.7 Å². The van der Waals surface area contributed by atoms with Crippen molar-refractivity contribution >= 4 is 51.5 Å². The first-order chi connectivity index (χ1) is 12.5. The number of carbonyl (C=O) groups is 1. The molecule has 6 nitrogen and oxygen atoms in total. The molecule has 2 aromatic carbocycles. The number of fused-ring (bicyclic) bond motifs is 1. The van der Waals surface area contributed by atoms with Gasteiger partial charge in [-0.05, 0) is 48.9 Å². The number of aromatic amines is 1. The standard InChI is InChI=1S/C18H19Cl2N5O/c1-22-17-13-9-11(3-5-16(13)24-25-17)23-18(26)12(6-7-21)10-2-4-14(19)15(20)8-10/h2-5,8-9,12H,6-7,21H2,1H3,(H,23,26)(H2,22,24,25). The summed E-state index contributed by atoms with van der Waals surface area (Å²) >= 11 is 12.1. The predicted molar refractivity (Wildman–Crippen MR) is 107 cm³/mol. The zero-order chi connectivity index (χ0) is 18.7. The Morgan fingerprint density at radius 2 is 2.04 bits per heavy atom. The van der Waals surface area contributed by atoms with Gasteiger partial charge in [-0.2, -0.15) is 5.10 Å². The van der Waals surface area contributed by atoms with Crippen LogP contribution in [-0.2, 0) is 4.79 Å². The number of hydrogen-bond acceptors (Lipinski definition) is 4. The number of nitrogens with two attached hydrogens (primary N) is 1. The summed E-state index contributed by atoms with van der Waals surface area (Å²) in [6, 6.07) is 10.8. The van der Waals surface area contributed by atoms with Crippen LogP contribution in [0.25, 0.3) is 10.9 Å². The van der Waals surface area contributed by atoms with E-state index in [1.54, 1.807) is 25.2 Å². The molecule has 26 heavy (non-hydrogen) atoms. The lowest BCUT2D eigenvalue weighted by Crippen LogP contribution is -2.23. The molecule has 1 aromatic heterocycles. The highest BCUT2D eigenvalue weighted by molar-refractivity contribution is 6.42. The minimum Gasteiger partial charge on any atom is -0.371 e. The number of halogens is 2. The van der Waals surface area contributed by atoms with Gasteiger partial charge in [0.1, 0.15) is 0 Å². The quantitative estimate of drug-likeness (QED) is 0.510. The molecular weight excluding hydrogens is 373 g/mol. The summed E-state index contributed by atoms with van der Waals surface area (Å²) in [5.41, 5.74) is 8.05.